The van der Waals surface area contributed by atoms with E-state index in [9.17, 15) is 8.42 Å². The van der Waals surface area contributed by atoms with Gasteiger partial charge in [-0.3, -0.25) is 0 Å². The summed E-state index contributed by atoms with van der Waals surface area (Å²) in [6.45, 7) is 4.96. The maximum atomic E-state index is 12.1. The SMILES string of the molecule is O=S(=O)(NCCC[NH+]1CCOCC1)c1ccccc1Cl. The smallest absolute Gasteiger partial charge is 0.242 e. The summed E-state index contributed by atoms with van der Waals surface area (Å²) in [6, 6.07) is 6.47. The lowest BCUT2D eigenvalue weighted by Gasteiger charge is -2.23. The minimum atomic E-state index is -3.51. The Morgan fingerprint density at radius 1 is 1.25 bits per heavy atom. The van der Waals surface area contributed by atoms with Gasteiger partial charge in [0, 0.05) is 13.0 Å². The first-order chi connectivity index (χ1) is 9.59. The van der Waals surface area contributed by atoms with Crippen molar-refractivity contribution in [2.24, 2.45) is 0 Å². The quantitative estimate of drug-likeness (QED) is 0.721. The highest BCUT2D eigenvalue weighted by molar-refractivity contribution is 7.89. The van der Waals surface area contributed by atoms with Crippen molar-refractivity contribution in [2.45, 2.75) is 11.3 Å². The highest BCUT2D eigenvalue weighted by atomic mass is 35.5. The van der Waals surface area contributed by atoms with Crippen LogP contribution in [0.25, 0.3) is 0 Å². The summed E-state index contributed by atoms with van der Waals surface area (Å²) in [6.07, 6.45) is 0.805. The highest BCUT2D eigenvalue weighted by Gasteiger charge is 2.17. The molecule has 1 heterocycles. The topological polar surface area (TPSA) is 59.8 Å². The van der Waals surface area contributed by atoms with E-state index in [0.29, 0.717) is 6.54 Å². The zero-order valence-electron chi connectivity index (χ0n) is 11.3. The van der Waals surface area contributed by atoms with Gasteiger partial charge in [0.1, 0.15) is 18.0 Å². The normalized spacial score (nSPS) is 17.2. The molecular weight excluding hydrogens is 300 g/mol. The van der Waals surface area contributed by atoms with E-state index in [-0.39, 0.29) is 9.92 Å². The molecule has 0 amide bonds. The number of hydrogen-bond acceptors (Lipinski definition) is 3. The minimum Gasteiger partial charge on any atom is -0.370 e. The number of ether oxygens (including phenoxy) is 1. The standard InChI is InChI=1S/C13H19ClN2O3S/c14-12-4-1-2-5-13(12)20(17,18)15-6-3-7-16-8-10-19-11-9-16/h1-2,4-5,15H,3,6-11H2/p+1. The van der Waals surface area contributed by atoms with E-state index in [2.05, 4.69) is 4.72 Å². The summed E-state index contributed by atoms with van der Waals surface area (Å²) in [5.74, 6) is 0. The van der Waals surface area contributed by atoms with Crippen LogP contribution in [0.1, 0.15) is 6.42 Å². The van der Waals surface area contributed by atoms with Crippen LogP contribution >= 0.6 is 11.6 Å². The second kappa shape index (κ2) is 7.38. The predicted octanol–water partition coefficient (Wildman–Crippen LogP) is -0.0765. The van der Waals surface area contributed by atoms with Crippen LogP contribution in [0.3, 0.4) is 0 Å². The fourth-order valence-electron chi connectivity index (χ4n) is 2.20. The Morgan fingerprint density at radius 3 is 2.65 bits per heavy atom. The Morgan fingerprint density at radius 2 is 1.95 bits per heavy atom. The van der Waals surface area contributed by atoms with Gasteiger partial charge in [-0.1, -0.05) is 23.7 Å². The molecule has 0 unspecified atom stereocenters. The summed E-state index contributed by atoms with van der Waals surface area (Å²) in [5, 5.41) is 0.249. The van der Waals surface area contributed by atoms with E-state index in [1.54, 1.807) is 18.2 Å². The van der Waals surface area contributed by atoms with Gasteiger partial charge in [-0.05, 0) is 12.1 Å². The summed E-state index contributed by atoms with van der Waals surface area (Å²) in [7, 11) is -3.51. The van der Waals surface area contributed by atoms with E-state index in [0.717, 1.165) is 39.3 Å². The molecule has 1 aromatic rings. The monoisotopic (exact) mass is 319 g/mol. The average Bonchev–Trinajstić information content (AvgIpc) is 2.45. The summed E-state index contributed by atoms with van der Waals surface area (Å²) in [4.78, 5) is 1.61. The van der Waals surface area contributed by atoms with Gasteiger partial charge in [-0.15, -0.1) is 0 Å². The summed E-state index contributed by atoms with van der Waals surface area (Å²) < 4.78 is 32.0. The first-order valence-electron chi connectivity index (χ1n) is 6.75. The largest absolute Gasteiger partial charge is 0.370 e. The Balaban J connectivity index is 1.79. The number of nitrogens with one attached hydrogen (secondary N) is 2. The molecule has 0 aliphatic carbocycles. The van der Waals surface area contributed by atoms with Crippen molar-refractivity contribution in [3.8, 4) is 0 Å². The second-order valence-electron chi connectivity index (χ2n) is 4.79. The van der Waals surface area contributed by atoms with Crippen molar-refractivity contribution in [1.29, 1.82) is 0 Å². The third-order valence-electron chi connectivity index (χ3n) is 3.33. The number of rotatable bonds is 6. The third-order valence-corrected chi connectivity index (χ3v) is 5.29. The molecule has 112 valence electrons. The van der Waals surface area contributed by atoms with Gasteiger partial charge in [0.05, 0.1) is 24.8 Å². The zero-order chi connectivity index (χ0) is 14.4. The van der Waals surface area contributed by atoms with Gasteiger partial charge in [-0.25, -0.2) is 13.1 Å². The van der Waals surface area contributed by atoms with Crippen molar-refractivity contribution in [1.82, 2.24) is 4.72 Å². The summed E-state index contributed by atoms with van der Waals surface area (Å²) >= 11 is 5.91. The molecule has 0 radical (unpaired) electrons. The molecule has 5 nitrogen and oxygen atoms in total. The molecule has 2 rings (SSSR count). The molecule has 0 atom stereocenters. The Hall–Kier alpha value is -0.660. The van der Waals surface area contributed by atoms with Crippen LogP contribution in [-0.4, -0.2) is 47.8 Å². The second-order valence-corrected chi connectivity index (χ2v) is 6.94. The van der Waals surface area contributed by atoms with E-state index < -0.39 is 10.0 Å². The highest BCUT2D eigenvalue weighted by Crippen LogP contribution is 2.19. The first-order valence-corrected chi connectivity index (χ1v) is 8.61. The molecule has 0 spiro atoms. The van der Waals surface area contributed by atoms with Crippen molar-refractivity contribution in [3.05, 3.63) is 29.3 Å². The van der Waals surface area contributed by atoms with Crippen molar-refractivity contribution >= 4 is 21.6 Å². The summed E-state index contributed by atoms with van der Waals surface area (Å²) in [5.41, 5.74) is 0. The van der Waals surface area contributed by atoms with E-state index in [4.69, 9.17) is 16.3 Å². The molecule has 20 heavy (non-hydrogen) atoms. The molecule has 0 aromatic heterocycles. The van der Waals surface area contributed by atoms with Crippen molar-refractivity contribution in [2.75, 3.05) is 39.4 Å². The molecule has 2 N–H and O–H groups in total. The molecule has 1 aliphatic rings. The van der Waals surface area contributed by atoms with Crippen LogP contribution in [0.5, 0.6) is 0 Å². The van der Waals surface area contributed by atoms with Crippen molar-refractivity contribution < 1.29 is 18.1 Å². The molecular formula is C13H20ClN2O3S+. The molecule has 0 saturated carbocycles. The molecule has 1 fully saturated rings. The number of sulfonamides is 1. The molecule has 1 aromatic carbocycles. The Bertz CT molecular complexity index is 530. The van der Waals surface area contributed by atoms with Gasteiger partial charge >= 0.3 is 0 Å². The lowest BCUT2D eigenvalue weighted by Crippen LogP contribution is -3.14. The molecule has 0 bridgehead atoms. The maximum Gasteiger partial charge on any atom is 0.242 e. The first kappa shape index (κ1) is 15.7. The lowest BCUT2D eigenvalue weighted by atomic mass is 10.3. The van der Waals surface area contributed by atoms with Crippen molar-refractivity contribution in [3.63, 3.8) is 0 Å². The lowest BCUT2D eigenvalue weighted by molar-refractivity contribution is -0.908. The fourth-order valence-corrected chi connectivity index (χ4v) is 3.79. The van der Waals surface area contributed by atoms with Crippen LogP contribution in [-0.2, 0) is 14.8 Å². The molecule has 1 saturated heterocycles. The fraction of sp³-hybridized carbons (Fsp3) is 0.538. The Kier molecular flexibility index (Phi) is 5.80. The van der Waals surface area contributed by atoms with Gasteiger partial charge in [0.15, 0.2) is 0 Å². The average molecular weight is 320 g/mol. The van der Waals surface area contributed by atoms with Crippen LogP contribution in [0.4, 0.5) is 0 Å². The number of benzene rings is 1. The van der Waals surface area contributed by atoms with E-state index in [1.165, 1.54) is 11.0 Å². The van der Waals surface area contributed by atoms with Gasteiger partial charge in [0.25, 0.3) is 0 Å². The van der Waals surface area contributed by atoms with E-state index >= 15 is 0 Å². The predicted molar refractivity (Wildman–Crippen MR) is 77.6 cm³/mol. The van der Waals surface area contributed by atoms with Crippen LogP contribution < -0.4 is 9.62 Å². The van der Waals surface area contributed by atoms with E-state index in [1.807, 2.05) is 0 Å². The molecule has 1 aliphatic heterocycles. The maximum absolute atomic E-state index is 12.1. The molecule has 7 heteroatoms. The van der Waals surface area contributed by atoms with Crippen LogP contribution in [0, 0.1) is 0 Å². The van der Waals surface area contributed by atoms with Gasteiger partial charge in [-0.2, -0.15) is 0 Å². The number of morpholine rings is 1. The minimum absolute atomic E-state index is 0.139. The number of halogens is 1. The number of hydrogen-bond donors (Lipinski definition) is 2. The zero-order valence-corrected chi connectivity index (χ0v) is 12.8. The van der Waals surface area contributed by atoms with Gasteiger partial charge < -0.3 is 9.64 Å². The van der Waals surface area contributed by atoms with Crippen LogP contribution in [0.15, 0.2) is 29.2 Å². The van der Waals surface area contributed by atoms with Gasteiger partial charge in [0.2, 0.25) is 10.0 Å². The van der Waals surface area contributed by atoms with Crippen LogP contribution in [0.2, 0.25) is 5.02 Å². The Labute approximate surface area is 124 Å². The number of quaternary nitrogens is 1. The third kappa shape index (κ3) is 4.43.